The number of rotatable bonds is 7. The van der Waals surface area contributed by atoms with Gasteiger partial charge in [0.2, 0.25) is 11.8 Å². The van der Waals surface area contributed by atoms with Gasteiger partial charge < -0.3 is 19.7 Å². The highest BCUT2D eigenvalue weighted by atomic mass is 16.5. The van der Waals surface area contributed by atoms with Crippen LogP contribution < -0.4 is 10.1 Å². The summed E-state index contributed by atoms with van der Waals surface area (Å²) < 4.78 is 10.1. The van der Waals surface area contributed by atoms with Crippen molar-refractivity contribution in [3.63, 3.8) is 0 Å². The number of likely N-dealkylation sites (tertiary alicyclic amines) is 1. The quantitative estimate of drug-likeness (QED) is 0.776. The van der Waals surface area contributed by atoms with Crippen LogP contribution >= 0.6 is 0 Å². The standard InChI is InChI=1S/C16H22N2O4/c1-21-8-4-7-18-11-12(9-15(18)19)16(20)17-13-5-3-6-14(10-13)22-2/h3,5-6,10,12H,4,7-9,11H2,1-2H3,(H,17,20). The number of amides is 2. The topological polar surface area (TPSA) is 67.9 Å². The Balaban J connectivity index is 1.89. The molecule has 0 aliphatic carbocycles. The van der Waals surface area contributed by atoms with E-state index in [0.717, 1.165) is 6.42 Å². The lowest BCUT2D eigenvalue weighted by Gasteiger charge is -2.16. The number of hydrogen-bond acceptors (Lipinski definition) is 4. The zero-order valence-corrected chi connectivity index (χ0v) is 13.0. The maximum Gasteiger partial charge on any atom is 0.229 e. The van der Waals surface area contributed by atoms with Crippen LogP contribution in [-0.4, -0.2) is 50.6 Å². The van der Waals surface area contributed by atoms with E-state index in [2.05, 4.69) is 5.32 Å². The predicted molar refractivity (Wildman–Crippen MR) is 82.8 cm³/mol. The van der Waals surface area contributed by atoms with Crippen LogP contribution in [0.3, 0.4) is 0 Å². The molecule has 1 aliphatic rings. The Morgan fingerprint density at radius 3 is 2.95 bits per heavy atom. The summed E-state index contributed by atoms with van der Waals surface area (Å²) in [4.78, 5) is 25.9. The number of carbonyl (C=O) groups excluding carboxylic acids is 2. The molecule has 0 saturated carbocycles. The predicted octanol–water partition coefficient (Wildman–Crippen LogP) is 1.52. The molecule has 0 spiro atoms. The summed E-state index contributed by atoms with van der Waals surface area (Å²) >= 11 is 0. The number of methoxy groups -OCH3 is 2. The van der Waals surface area contributed by atoms with Crippen molar-refractivity contribution >= 4 is 17.5 Å². The first-order valence-electron chi connectivity index (χ1n) is 7.35. The second kappa shape index (κ2) is 7.79. The van der Waals surface area contributed by atoms with Gasteiger partial charge in [-0.05, 0) is 18.6 Å². The Morgan fingerprint density at radius 1 is 1.41 bits per heavy atom. The maximum absolute atomic E-state index is 12.3. The van der Waals surface area contributed by atoms with Crippen LogP contribution in [0.1, 0.15) is 12.8 Å². The molecular weight excluding hydrogens is 284 g/mol. The molecular formula is C16H22N2O4. The lowest BCUT2D eigenvalue weighted by molar-refractivity contribution is -0.128. The molecule has 1 saturated heterocycles. The van der Waals surface area contributed by atoms with Crippen molar-refractivity contribution in [1.29, 1.82) is 0 Å². The zero-order chi connectivity index (χ0) is 15.9. The average molecular weight is 306 g/mol. The molecule has 1 N–H and O–H groups in total. The van der Waals surface area contributed by atoms with Gasteiger partial charge >= 0.3 is 0 Å². The Kier molecular flexibility index (Phi) is 5.77. The molecule has 2 amide bonds. The molecule has 0 radical (unpaired) electrons. The van der Waals surface area contributed by atoms with E-state index < -0.39 is 0 Å². The first kappa shape index (κ1) is 16.3. The summed E-state index contributed by atoms with van der Waals surface area (Å²) in [6.45, 7) is 1.72. The van der Waals surface area contributed by atoms with Gasteiger partial charge in [-0.2, -0.15) is 0 Å². The molecule has 2 rings (SSSR count). The Labute approximate surface area is 130 Å². The van der Waals surface area contributed by atoms with Gasteiger partial charge in [-0.3, -0.25) is 9.59 Å². The monoisotopic (exact) mass is 306 g/mol. The highest BCUT2D eigenvalue weighted by Crippen LogP contribution is 2.22. The van der Waals surface area contributed by atoms with E-state index in [1.165, 1.54) is 0 Å². The number of hydrogen-bond donors (Lipinski definition) is 1. The molecule has 1 fully saturated rings. The molecule has 22 heavy (non-hydrogen) atoms. The van der Waals surface area contributed by atoms with Gasteiger partial charge in [-0.25, -0.2) is 0 Å². The first-order chi connectivity index (χ1) is 10.6. The number of benzene rings is 1. The van der Waals surface area contributed by atoms with Crippen molar-refractivity contribution in [3.8, 4) is 5.75 Å². The van der Waals surface area contributed by atoms with E-state index in [4.69, 9.17) is 9.47 Å². The van der Waals surface area contributed by atoms with Crippen molar-refractivity contribution in [2.45, 2.75) is 12.8 Å². The van der Waals surface area contributed by atoms with Crippen LogP contribution in [0.5, 0.6) is 5.75 Å². The molecule has 1 heterocycles. The minimum Gasteiger partial charge on any atom is -0.497 e. The van der Waals surface area contributed by atoms with E-state index in [-0.39, 0.29) is 24.2 Å². The van der Waals surface area contributed by atoms with Gasteiger partial charge in [0.1, 0.15) is 5.75 Å². The second-order valence-corrected chi connectivity index (χ2v) is 5.31. The van der Waals surface area contributed by atoms with Crippen molar-refractivity contribution in [1.82, 2.24) is 4.90 Å². The summed E-state index contributed by atoms with van der Waals surface area (Å²) in [5, 5.41) is 2.84. The molecule has 1 unspecified atom stereocenters. The first-order valence-corrected chi connectivity index (χ1v) is 7.35. The average Bonchev–Trinajstić information content (AvgIpc) is 2.89. The minimum absolute atomic E-state index is 0.0295. The summed E-state index contributed by atoms with van der Waals surface area (Å²) in [6.07, 6.45) is 1.05. The van der Waals surface area contributed by atoms with Gasteiger partial charge in [-0.1, -0.05) is 6.07 Å². The lowest BCUT2D eigenvalue weighted by atomic mass is 10.1. The van der Waals surface area contributed by atoms with Crippen LogP contribution in [0, 0.1) is 5.92 Å². The number of nitrogens with zero attached hydrogens (tertiary/aromatic N) is 1. The SMILES string of the molecule is COCCCN1CC(C(=O)Nc2cccc(OC)c2)CC1=O. The summed E-state index contributed by atoms with van der Waals surface area (Å²) in [7, 11) is 3.21. The molecule has 1 atom stereocenters. The van der Waals surface area contributed by atoms with Crippen molar-refractivity contribution < 1.29 is 19.1 Å². The molecule has 0 bridgehead atoms. The third kappa shape index (κ3) is 4.21. The maximum atomic E-state index is 12.3. The third-order valence-corrected chi connectivity index (χ3v) is 3.70. The van der Waals surface area contributed by atoms with Crippen LogP contribution in [-0.2, 0) is 14.3 Å². The number of nitrogens with one attached hydrogen (secondary N) is 1. The fourth-order valence-electron chi connectivity index (χ4n) is 2.51. The van der Waals surface area contributed by atoms with Crippen LogP contribution in [0.25, 0.3) is 0 Å². The largest absolute Gasteiger partial charge is 0.497 e. The van der Waals surface area contributed by atoms with Gasteiger partial charge in [0.05, 0.1) is 13.0 Å². The molecule has 6 nitrogen and oxygen atoms in total. The zero-order valence-electron chi connectivity index (χ0n) is 13.0. The Bertz CT molecular complexity index is 533. The molecule has 1 aliphatic heterocycles. The molecule has 120 valence electrons. The van der Waals surface area contributed by atoms with Crippen molar-refractivity contribution in [2.24, 2.45) is 5.92 Å². The van der Waals surface area contributed by atoms with Gasteiger partial charge in [0.15, 0.2) is 0 Å². The van der Waals surface area contributed by atoms with Gasteiger partial charge in [0.25, 0.3) is 0 Å². The fourth-order valence-corrected chi connectivity index (χ4v) is 2.51. The van der Waals surface area contributed by atoms with Crippen LogP contribution in [0.15, 0.2) is 24.3 Å². The normalized spacial score (nSPS) is 17.6. The van der Waals surface area contributed by atoms with E-state index >= 15 is 0 Å². The van der Waals surface area contributed by atoms with Crippen LogP contribution in [0.4, 0.5) is 5.69 Å². The Morgan fingerprint density at radius 2 is 2.23 bits per heavy atom. The number of ether oxygens (including phenoxy) is 2. The molecule has 0 aromatic heterocycles. The second-order valence-electron chi connectivity index (χ2n) is 5.31. The highest BCUT2D eigenvalue weighted by Gasteiger charge is 2.33. The molecule has 1 aromatic rings. The minimum atomic E-state index is -0.304. The van der Waals surface area contributed by atoms with E-state index in [1.54, 1.807) is 31.3 Å². The van der Waals surface area contributed by atoms with E-state index in [1.807, 2.05) is 12.1 Å². The van der Waals surface area contributed by atoms with Gasteiger partial charge in [0, 0.05) is 45.0 Å². The molecule has 6 heteroatoms. The highest BCUT2D eigenvalue weighted by molar-refractivity contribution is 5.97. The summed E-state index contributed by atoms with van der Waals surface area (Å²) in [5.74, 6) is 0.278. The van der Waals surface area contributed by atoms with Gasteiger partial charge in [-0.15, -0.1) is 0 Å². The number of carbonyl (C=O) groups is 2. The summed E-state index contributed by atoms with van der Waals surface area (Å²) in [6, 6.07) is 7.18. The Hall–Kier alpha value is -2.08. The van der Waals surface area contributed by atoms with Crippen molar-refractivity contribution in [2.75, 3.05) is 39.2 Å². The van der Waals surface area contributed by atoms with E-state index in [0.29, 0.717) is 31.1 Å². The van der Waals surface area contributed by atoms with E-state index in [9.17, 15) is 9.59 Å². The summed E-state index contributed by atoms with van der Waals surface area (Å²) in [5.41, 5.74) is 0.676. The lowest BCUT2D eigenvalue weighted by Crippen LogP contribution is -2.29. The number of anilines is 1. The smallest absolute Gasteiger partial charge is 0.229 e. The molecule has 1 aromatic carbocycles. The van der Waals surface area contributed by atoms with Crippen molar-refractivity contribution in [3.05, 3.63) is 24.3 Å². The van der Waals surface area contributed by atoms with Crippen LogP contribution in [0.2, 0.25) is 0 Å². The fraction of sp³-hybridized carbons (Fsp3) is 0.500. The third-order valence-electron chi connectivity index (χ3n) is 3.70.